The van der Waals surface area contributed by atoms with Gasteiger partial charge in [-0.25, -0.2) is 0 Å². The summed E-state index contributed by atoms with van der Waals surface area (Å²) in [6.45, 7) is 1.79. The topological polar surface area (TPSA) is 39.7 Å². The third-order valence-electron chi connectivity index (χ3n) is 3.61. The van der Waals surface area contributed by atoms with Crippen molar-refractivity contribution in [2.75, 3.05) is 34.4 Å². The highest BCUT2D eigenvalue weighted by Crippen LogP contribution is 2.36. The van der Waals surface area contributed by atoms with Crippen LogP contribution in [-0.2, 0) is 4.74 Å². The zero-order valence-corrected chi connectivity index (χ0v) is 11.9. The van der Waals surface area contributed by atoms with Gasteiger partial charge in [0, 0.05) is 25.1 Å². The van der Waals surface area contributed by atoms with E-state index in [0.717, 1.165) is 36.6 Å². The highest BCUT2D eigenvalue weighted by Gasteiger charge is 2.27. The lowest BCUT2D eigenvalue weighted by Gasteiger charge is -2.32. The first-order valence-electron chi connectivity index (χ1n) is 6.77. The van der Waals surface area contributed by atoms with Crippen molar-refractivity contribution in [1.29, 1.82) is 0 Å². The molecule has 0 amide bonds. The van der Waals surface area contributed by atoms with E-state index in [1.807, 2.05) is 25.2 Å². The highest BCUT2D eigenvalue weighted by atomic mass is 16.5. The molecule has 0 bridgehead atoms. The van der Waals surface area contributed by atoms with Crippen LogP contribution in [0.1, 0.15) is 24.5 Å². The molecule has 4 heteroatoms. The van der Waals surface area contributed by atoms with Crippen LogP contribution in [0.15, 0.2) is 18.2 Å². The summed E-state index contributed by atoms with van der Waals surface area (Å²) in [4.78, 5) is 0. The van der Waals surface area contributed by atoms with E-state index in [0.29, 0.717) is 5.92 Å². The Morgan fingerprint density at radius 2 is 1.89 bits per heavy atom. The normalized spacial score (nSPS) is 23.1. The molecule has 2 atom stereocenters. The Hall–Kier alpha value is -1.26. The predicted octanol–water partition coefficient (Wildman–Crippen LogP) is 2.39. The van der Waals surface area contributed by atoms with Crippen LogP contribution in [-0.4, -0.2) is 34.4 Å². The molecule has 1 saturated heterocycles. The van der Waals surface area contributed by atoms with Crippen molar-refractivity contribution in [3.63, 3.8) is 0 Å². The van der Waals surface area contributed by atoms with E-state index in [1.165, 1.54) is 6.42 Å². The van der Waals surface area contributed by atoms with E-state index < -0.39 is 0 Å². The van der Waals surface area contributed by atoms with Crippen LogP contribution in [0.3, 0.4) is 0 Å². The number of hydrogen-bond donors (Lipinski definition) is 1. The van der Waals surface area contributed by atoms with Gasteiger partial charge in [0.15, 0.2) is 0 Å². The number of hydrogen-bond acceptors (Lipinski definition) is 4. The number of nitrogens with one attached hydrogen (secondary N) is 1. The van der Waals surface area contributed by atoms with Crippen molar-refractivity contribution in [1.82, 2.24) is 5.32 Å². The van der Waals surface area contributed by atoms with Gasteiger partial charge in [-0.05, 0) is 37.6 Å². The second-order valence-corrected chi connectivity index (χ2v) is 4.90. The maximum absolute atomic E-state index is 5.98. The molecule has 4 nitrogen and oxygen atoms in total. The summed E-state index contributed by atoms with van der Waals surface area (Å²) in [5.41, 5.74) is 1.14. The lowest BCUT2D eigenvalue weighted by atomic mass is 9.89. The molecule has 2 unspecified atom stereocenters. The van der Waals surface area contributed by atoms with E-state index in [2.05, 4.69) is 5.32 Å². The van der Waals surface area contributed by atoms with Gasteiger partial charge in [-0.2, -0.15) is 0 Å². The minimum Gasteiger partial charge on any atom is -0.497 e. The minimum absolute atomic E-state index is 0.116. The Morgan fingerprint density at radius 3 is 2.47 bits per heavy atom. The molecule has 19 heavy (non-hydrogen) atoms. The third-order valence-corrected chi connectivity index (χ3v) is 3.61. The van der Waals surface area contributed by atoms with Crippen LogP contribution in [0.25, 0.3) is 0 Å². The SMILES string of the molecule is CNCC1CCCOC1c1cc(OC)cc(OC)c1. The van der Waals surface area contributed by atoms with Crippen molar-refractivity contribution >= 4 is 0 Å². The fraction of sp³-hybridized carbons (Fsp3) is 0.600. The molecular formula is C15H23NO3. The van der Waals surface area contributed by atoms with Crippen molar-refractivity contribution in [2.45, 2.75) is 18.9 Å². The van der Waals surface area contributed by atoms with Gasteiger partial charge >= 0.3 is 0 Å². The summed E-state index contributed by atoms with van der Waals surface area (Å²) in [6, 6.07) is 5.97. The second kappa shape index (κ2) is 6.78. The maximum atomic E-state index is 5.98. The fourth-order valence-corrected chi connectivity index (χ4v) is 2.68. The van der Waals surface area contributed by atoms with Gasteiger partial charge in [-0.3, -0.25) is 0 Å². The number of methoxy groups -OCH3 is 2. The van der Waals surface area contributed by atoms with E-state index in [4.69, 9.17) is 14.2 Å². The number of benzene rings is 1. The van der Waals surface area contributed by atoms with Crippen molar-refractivity contribution < 1.29 is 14.2 Å². The van der Waals surface area contributed by atoms with Gasteiger partial charge in [0.05, 0.1) is 20.3 Å². The lowest BCUT2D eigenvalue weighted by molar-refractivity contribution is -0.0274. The van der Waals surface area contributed by atoms with E-state index in [9.17, 15) is 0 Å². The zero-order chi connectivity index (χ0) is 13.7. The molecule has 0 aromatic heterocycles. The largest absolute Gasteiger partial charge is 0.497 e. The van der Waals surface area contributed by atoms with Gasteiger partial charge in [0.25, 0.3) is 0 Å². The lowest BCUT2D eigenvalue weighted by Crippen LogP contribution is -2.30. The van der Waals surface area contributed by atoms with Gasteiger partial charge in [-0.15, -0.1) is 0 Å². The molecule has 0 saturated carbocycles. The molecule has 2 rings (SSSR count). The molecule has 1 heterocycles. The summed E-state index contributed by atoms with van der Waals surface area (Å²) < 4.78 is 16.6. The summed E-state index contributed by atoms with van der Waals surface area (Å²) in [5.74, 6) is 2.12. The standard InChI is InChI=1S/C15H23NO3/c1-16-10-11-5-4-6-19-15(11)12-7-13(17-2)9-14(8-12)18-3/h7-9,11,15-16H,4-6,10H2,1-3H3. The third kappa shape index (κ3) is 3.39. The molecule has 1 fully saturated rings. The molecule has 106 valence electrons. The van der Waals surface area contributed by atoms with E-state index >= 15 is 0 Å². The Labute approximate surface area is 115 Å². The highest BCUT2D eigenvalue weighted by molar-refractivity contribution is 5.39. The predicted molar refractivity (Wildman–Crippen MR) is 74.9 cm³/mol. The summed E-state index contributed by atoms with van der Waals surface area (Å²) in [7, 11) is 5.33. The van der Waals surface area contributed by atoms with Gasteiger partial charge in [-0.1, -0.05) is 0 Å². The van der Waals surface area contributed by atoms with E-state index in [1.54, 1.807) is 14.2 Å². The molecule has 1 aliphatic rings. The van der Waals surface area contributed by atoms with Crippen molar-refractivity contribution in [2.24, 2.45) is 5.92 Å². The summed E-state index contributed by atoms with van der Waals surface area (Å²) >= 11 is 0. The van der Waals surface area contributed by atoms with Gasteiger partial charge < -0.3 is 19.5 Å². The average molecular weight is 265 g/mol. The van der Waals surface area contributed by atoms with Crippen LogP contribution in [0, 0.1) is 5.92 Å². The summed E-state index contributed by atoms with van der Waals surface area (Å²) in [6.07, 6.45) is 2.43. The first-order chi connectivity index (χ1) is 9.28. The monoisotopic (exact) mass is 265 g/mol. The smallest absolute Gasteiger partial charge is 0.122 e. The molecule has 1 aromatic rings. The van der Waals surface area contributed by atoms with Crippen LogP contribution in [0.5, 0.6) is 11.5 Å². The van der Waals surface area contributed by atoms with Crippen molar-refractivity contribution in [3.8, 4) is 11.5 Å². The van der Waals surface area contributed by atoms with Crippen LogP contribution < -0.4 is 14.8 Å². The fourth-order valence-electron chi connectivity index (χ4n) is 2.68. The number of rotatable bonds is 5. The Morgan fingerprint density at radius 1 is 1.21 bits per heavy atom. The van der Waals surface area contributed by atoms with Crippen LogP contribution >= 0.6 is 0 Å². The molecule has 0 radical (unpaired) electrons. The van der Waals surface area contributed by atoms with Gasteiger partial charge in [0.1, 0.15) is 11.5 Å². The first-order valence-corrected chi connectivity index (χ1v) is 6.77. The van der Waals surface area contributed by atoms with Crippen molar-refractivity contribution in [3.05, 3.63) is 23.8 Å². The maximum Gasteiger partial charge on any atom is 0.122 e. The summed E-state index contributed by atoms with van der Waals surface area (Å²) in [5, 5.41) is 3.25. The Bertz CT molecular complexity index is 384. The Kier molecular flexibility index (Phi) is 5.05. The quantitative estimate of drug-likeness (QED) is 0.887. The van der Waals surface area contributed by atoms with Crippen LogP contribution in [0.2, 0.25) is 0 Å². The molecule has 1 aromatic carbocycles. The molecule has 0 spiro atoms. The zero-order valence-electron chi connectivity index (χ0n) is 11.9. The molecule has 1 aliphatic heterocycles. The molecule has 1 N–H and O–H groups in total. The first kappa shape index (κ1) is 14.2. The average Bonchev–Trinajstić information content (AvgIpc) is 2.47. The Balaban J connectivity index is 2.26. The molecular weight excluding hydrogens is 242 g/mol. The second-order valence-electron chi connectivity index (χ2n) is 4.90. The minimum atomic E-state index is 0.116. The molecule has 0 aliphatic carbocycles. The number of ether oxygens (including phenoxy) is 3. The van der Waals surface area contributed by atoms with E-state index in [-0.39, 0.29) is 6.10 Å². The van der Waals surface area contributed by atoms with Crippen LogP contribution in [0.4, 0.5) is 0 Å². The van der Waals surface area contributed by atoms with Gasteiger partial charge in [0.2, 0.25) is 0 Å².